The van der Waals surface area contributed by atoms with Gasteiger partial charge in [0.25, 0.3) is 0 Å². The second-order valence-corrected chi connectivity index (χ2v) is 5.63. The Bertz CT molecular complexity index is 454. The number of nitrogens with one attached hydrogen (secondary N) is 1. The first-order valence-corrected chi connectivity index (χ1v) is 6.68. The number of nitrogens with two attached hydrogens (primary N) is 2. The minimum Gasteiger partial charge on any atom is -0.398 e. The molecule has 6 heteroatoms. The molecule has 2 rings (SSSR count). The van der Waals surface area contributed by atoms with Crippen molar-refractivity contribution in [2.24, 2.45) is 11.8 Å². The third kappa shape index (κ3) is 3.55. The third-order valence-corrected chi connectivity index (χ3v) is 3.94. The Balaban J connectivity index is 2.08. The van der Waals surface area contributed by atoms with Gasteiger partial charge >= 0.3 is 0 Å². The fraction of sp³-hybridized carbons (Fsp3) is 0.538. The minimum absolute atomic E-state index is 0.0360. The SMILES string of the molecule is NNC(CC1CCC(F)(F)C1)c1ccc(Cl)cc1N. The summed E-state index contributed by atoms with van der Waals surface area (Å²) in [7, 11) is 0. The van der Waals surface area contributed by atoms with Crippen LogP contribution < -0.4 is 17.0 Å². The van der Waals surface area contributed by atoms with Gasteiger partial charge in [-0.15, -0.1) is 0 Å². The molecule has 1 saturated carbocycles. The van der Waals surface area contributed by atoms with E-state index in [1.165, 1.54) is 0 Å². The van der Waals surface area contributed by atoms with Crippen molar-refractivity contribution in [1.29, 1.82) is 0 Å². The van der Waals surface area contributed by atoms with E-state index in [9.17, 15) is 8.78 Å². The number of hydrogen-bond donors (Lipinski definition) is 3. The van der Waals surface area contributed by atoms with Crippen LogP contribution in [0.5, 0.6) is 0 Å². The van der Waals surface area contributed by atoms with E-state index in [4.69, 9.17) is 23.2 Å². The van der Waals surface area contributed by atoms with Crippen molar-refractivity contribution in [3.8, 4) is 0 Å². The van der Waals surface area contributed by atoms with Crippen LogP contribution in [0.25, 0.3) is 0 Å². The van der Waals surface area contributed by atoms with Crippen molar-refractivity contribution in [3.63, 3.8) is 0 Å². The number of rotatable bonds is 4. The first-order chi connectivity index (χ1) is 8.91. The molecule has 0 heterocycles. The average molecular weight is 290 g/mol. The molecule has 1 aromatic rings. The Hall–Kier alpha value is -0.910. The quantitative estimate of drug-likeness (QED) is 0.453. The van der Waals surface area contributed by atoms with Gasteiger partial charge in [0.15, 0.2) is 0 Å². The van der Waals surface area contributed by atoms with Crippen LogP contribution in [0.1, 0.15) is 37.3 Å². The molecule has 0 radical (unpaired) electrons. The predicted octanol–water partition coefficient (Wildman–Crippen LogP) is 3.25. The van der Waals surface area contributed by atoms with Crippen molar-refractivity contribution in [3.05, 3.63) is 28.8 Å². The van der Waals surface area contributed by atoms with E-state index in [1.54, 1.807) is 18.2 Å². The highest BCUT2D eigenvalue weighted by molar-refractivity contribution is 6.30. The molecule has 3 nitrogen and oxygen atoms in total. The van der Waals surface area contributed by atoms with Crippen molar-refractivity contribution >= 4 is 17.3 Å². The molecule has 2 unspecified atom stereocenters. The number of halogens is 3. The largest absolute Gasteiger partial charge is 0.398 e. The smallest absolute Gasteiger partial charge is 0.248 e. The fourth-order valence-corrected chi connectivity index (χ4v) is 2.90. The molecule has 2 atom stereocenters. The Morgan fingerprint density at radius 3 is 2.74 bits per heavy atom. The highest BCUT2D eigenvalue weighted by Crippen LogP contribution is 2.42. The number of hydrazine groups is 1. The van der Waals surface area contributed by atoms with Crippen LogP contribution in [0.15, 0.2) is 18.2 Å². The van der Waals surface area contributed by atoms with Crippen molar-refractivity contribution in [2.75, 3.05) is 5.73 Å². The van der Waals surface area contributed by atoms with E-state index in [0.29, 0.717) is 23.6 Å². The molecule has 0 spiro atoms. The van der Waals surface area contributed by atoms with Crippen LogP contribution in [-0.2, 0) is 0 Å². The number of alkyl halides is 2. The van der Waals surface area contributed by atoms with Gasteiger partial charge in [-0.1, -0.05) is 17.7 Å². The topological polar surface area (TPSA) is 64.1 Å². The Labute approximate surface area is 116 Å². The summed E-state index contributed by atoms with van der Waals surface area (Å²) >= 11 is 5.84. The van der Waals surface area contributed by atoms with E-state index in [1.807, 2.05) is 0 Å². The maximum atomic E-state index is 13.2. The molecule has 0 aromatic heterocycles. The van der Waals surface area contributed by atoms with Gasteiger partial charge in [0.05, 0.1) is 0 Å². The molecule has 0 saturated heterocycles. The van der Waals surface area contributed by atoms with E-state index in [-0.39, 0.29) is 24.8 Å². The molecule has 1 aliphatic carbocycles. The monoisotopic (exact) mass is 289 g/mol. The van der Waals surface area contributed by atoms with Gasteiger partial charge in [0.2, 0.25) is 5.92 Å². The van der Waals surface area contributed by atoms with E-state index >= 15 is 0 Å². The molecular weight excluding hydrogens is 272 g/mol. The zero-order valence-corrected chi connectivity index (χ0v) is 11.3. The van der Waals surface area contributed by atoms with E-state index in [0.717, 1.165) is 5.56 Å². The highest BCUT2D eigenvalue weighted by atomic mass is 35.5. The van der Waals surface area contributed by atoms with E-state index < -0.39 is 5.92 Å². The molecule has 19 heavy (non-hydrogen) atoms. The Kier molecular flexibility index (Phi) is 4.28. The van der Waals surface area contributed by atoms with Crippen LogP contribution in [-0.4, -0.2) is 5.92 Å². The first kappa shape index (κ1) is 14.5. The number of benzene rings is 1. The lowest BCUT2D eigenvalue weighted by Crippen LogP contribution is -2.30. The molecule has 1 aromatic carbocycles. The zero-order chi connectivity index (χ0) is 14.0. The molecule has 0 aliphatic heterocycles. The Morgan fingerprint density at radius 1 is 1.47 bits per heavy atom. The summed E-state index contributed by atoms with van der Waals surface area (Å²) in [5, 5.41) is 0.546. The number of hydrogen-bond acceptors (Lipinski definition) is 3. The van der Waals surface area contributed by atoms with Crippen LogP contribution >= 0.6 is 11.6 Å². The highest BCUT2D eigenvalue weighted by Gasteiger charge is 2.40. The lowest BCUT2D eigenvalue weighted by molar-refractivity contribution is 0.00430. The summed E-state index contributed by atoms with van der Waals surface area (Å²) in [6, 6.07) is 4.93. The third-order valence-electron chi connectivity index (χ3n) is 3.70. The maximum absolute atomic E-state index is 13.2. The van der Waals surface area contributed by atoms with Crippen LogP contribution in [0.2, 0.25) is 5.02 Å². The van der Waals surface area contributed by atoms with Crippen molar-refractivity contribution < 1.29 is 8.78 Å². The van der Waals surface area contributed by atoms with Crippen molar-refractivity contribution in [1.82, 2.24) is 5.43 Å². The summed E-state index contributed by atoms with van der Waals surface area (Å²) in [5.74, 6) is 2.96. The first-order valence-electron chi connectivity index (χ1n) is 6.30. The predicted molar refractivity (Wildman–Crippen MR) is 72.8 cm³/mol. The number of nitrogen functional groups attached to an aromatic ring is 1. The molecule has 1 fully saturated rings. The van der Waals surface area contributed by atoms with Gasteiger partial charge in [-0.2, -0.15) is 0 Å². The summed E-state index contributed by atoms with van der Waals surface area (Å²) in [5.41, 5.74) is 9.90. The van der Waals surface area contributed by atoms with Gasteiger partial charge in [-0.3, -0.25) is 11.3 Å². The zero-order valence-electron chi connectivity index (χ0n) is 10.5. The van der Waals surface area contributed by atoms with Gasteiger partial charge in [-0.25, -0.2) is 8.78 Å². The minimum atomic E-state index is -2.53. The van der Waals surface area contributed by atoms with Gasteiger partial charge in [0, 0.05) is 29.6 Å². The van der Waals surface area contributed by atoms with Crippen LogP contribution in [0.4, 0.5) is 14.5 Å². The van der Waals surface area contributed by atoms with Crippen LogP contribution in [0, 0.1) is 5.92 Å². The summed E-state index contributed by atoms with van der Waals surface area (Å²) in [6.45, 7) is 0. The second-order valence-electron chi connectivity index (χ2n) is 5.19. The van der Waals surface area contributed by atoms with Crippen molar-refractivity contribution in [2.45, 2.75) is 37.6 Å². The molecule has 1 aliphatic rings. The summed E-state index contributed by atoms with van der Waals surface area (Å²) < 4.78 is 26.4. The fourth-order valence-electron chi connectivity index (χ4n) is 2.72. The second kappa shape index (κ2) is 5.61. The van der Waals surface area contributed by atoms with Crippen LogP contribution in [0.3, 0.4) is 0 Å². The summed E-state index contributed by atoms with van der Waals surface area (Å²) in [4.78, 5) is 0. The van der Waals surface area contributed by atoms with E-state index in [2.05, 4.69) is 5.43 Å². The van der Waals surface area contributed by atoms with Gasteiger partial charge in [0.1, 0.15) is 0 Å². The lowest BCUT2D eigenvalue weighted by atomic mass is 9.93. The molecule has 0 amide bonds. The lowest BCUT2D eigenvalue weighted by Gasteiger charge is -2.21. The molecular formula is C13H18ClF2N3. The molecule has 106 valence electrons. The molecule has 5 N–H and O–H groups in total. The standard InChI is InChI=1S/C13H18ClF2N3/c14-9-1-2-10(11(17)6-9)12(19-18)5-8-3-4-13(15,16)7-8/h1-2,6,8,12,19H,3-5,7,17-18H2. The normalized spacial score (nSPS) is 23.5. The van der Waals surface area contributed by atoms with Gasteiger partial charge in [-0.05, 0) is 36.5 Å². The molecule has 0 bridgehead atoms. The Morgan fingerprint density at radius 2 is 2.21 bits per heavy atom. The van der Waals surface area contributed by atoms with Gasteiger partial charge < -0.3 is 5.73 Å². The average Bonchev–Trinajstić information content (AvgIpc) is 2.66. The maximum Gasteiger partial charge on any atom is 0.248 e. The summed E-state index contributed by atoms with van der Waals surface area (Å²) in [6.07, 6.45) is 0.973. The number of anilines is 1.